The lowest BCUT2D eigenvalue weighted by Crippen LogP contribution is -2.47. The maximum Gasteiger partial charge on any atom is 0.0404 e. The fourth-order valence-corrected chi connectivity index (χ4v) is 6.11. The fourth-order valence-electron chi connectivity index (χ4n) is 5.70. The molecule has 0 N–H and O–H groups in total. The van der Waals surface area contributed by atoms with Crippen LogP contribution in [0.25, 0.3) is 0 Å². The number of piperazine rings is 1. The van der Waals surface area contributed by atoms with Crippen LogP contribution in [0.3, 0.4) is 0 Å². The SMILES string of the molecule is CCCN1CCN(c2ccc(N3CCC(Br)CC3)cc2C2CCC(C)(C)CC2)CC1. The van der Waals surface area contributed by atoms with Gasteiger partial charge in [0.15, 0.2) is 0 Å². The number of hydrogen-bond donors (Lipinski definition) is 0. The van der Waals surface area contributed by atoms with Crippen molar-refractivity contribution < 1.29 is 0 Å². The molecule has 0 aromatic heterocycles. The molecule has 2 saturated heterocycles. The molecule has 1 aliphatic carbocycles. The number of nitrogens with zero attached hydrogens (tertiary/aromatic N) is 3. The van der Waals surface area contributed by atoms with Gasteiger partial charge in [0.1, 0.15) is 0 Å². The highest BCUT2D eigenvalue weighted by atomic mass is 79.9. The molecule has 0 atom stereocenters. The van der Waals surface area contributed by atoms with Crippen molar-refractivity contribution in [2.75, 3.05) is 55.6 Å². The van der Waals surface area contributed by atoms with E-state index in [1.165, 1.54) is 102 Å². The zero-order chi connectivity index (χ0) is 21.1. The van der Waals surface area contributed by atoms with Gasteiger partial charge in [-0.2, -0.15) is 0 Å². The normalized spacial score (nSPS) is 24.4. The number of piperidine rings is 1. The minimum atomic E-state index is 0.526. The molecule has 1 saturated carbocycles. The van der Waals surface area contributed by atoms with Gasteiger partial charge in [0.25, 0.3) is 0 Å². The van der Waals surface area contributed by atoms with E-state index in [9.17, 15) is 0 Å². The first-order valence-corrected chi connectivity index (χ1v) is 13.4. The number of benzene rings is 1. The second-order valence-electron chi connectivity index (χ2n) is 10.7. The van der Waals surface area contributed by atoms with Gasteiger partial charge in [0, 0.05) is 55.5 Å². The molecule has 0 radical (unpaired) electrons. The van der Waals surface area contributed by atoms with Crippen molar-refractivity contribution in [1.29, 1.82) is 0 Å². The number of halogens is 1. The van der Waals surface area contributed by atoms with Crippen molar-refractivity contribution in [2.45, 2.75) is 76.5 Å². The Labute approximate surface area is 193 Å². The third-order valence-electron chi connectivity index (χ3n) is 7.83. The van der Waals surface area contributed by atoms with Crippen molar-refractivity contribution in [3.05, 3.63) is 23.8 Å². The molecule has 4 heteroatoms. The van der Waals surface area contributed by atoms with Crippen molar-refractivity contribution in [3.63, 3.8) is 0 Å². The summed E-state index contributed by atoms with van der Waals surface area (Å²) in [5.74, 6) is 0.732. The summed E-state index contributed by atoms with van der Waals surface area (Å²) in [6.45, 7) is 15.6. The van der Waals surface area contributed by atoms with Crippen LogP contribution < -0.4 is 9.80 Å². The first-order valence-electron chi connectivity index (χ1n) is 12.5. The van der Waals surface area contributed by atoms with E-state index in [0.717, 1.165) is 5.92 Å². The van der Waals surface area contributed by atoms with E-state index in [1.54, 1.807) is 5.56 Å². The van der Waals surface area contributed by atoms with Crippen LogP contribution in [0.4, 0.5) is 11.4 Å². The van der Waals surface area contributed by atoms with E-state index in [1.807, 2.05) is 0 Å². The lowest BCUT2D eigenvalue weighted by atomic mass is 9.71. The van der Waals surface area contributed by atoms with Crippen molar-refractivity contribution in [2.24, 2.45) is 5.41 Å². The van der Waals surface area contributed by atoms with Crippen LogP contribution in [0.2, 0.25) is 0 Å². The summed E-state index contributed by atoms with van der Waals surface area (Å²) in [5.41, 5.74) is 5.17. The highest BCUT2D eigenvalue weighted by molar-refractivity contribution is 9.09. The second-order valence-corrected chi connectivity index (χ2v) is 12.0. The molecular weight excluding hydrogens is 434 g/mol. The Bertz CT molecular complexity index is 678. The molecule has 1 aromatic carbocycles. The summed E-state index contributed by atoms with van der Waals surface area (Å²) in [6.07, 6.45) is 9.21. The van der Waals surface area contributed by atoms with Crippen LogP contribution in [0, 0.1) is 5.41 Å². The Morgan fingerprint density at radius 1 is 0.900 bits per heavy atom. The van der Waals surface area contributed by atoms with Crippen LogP contribution in [-0.2, 0) is 0 Å². The van der Waals surface area contributed by atoms with Gasteiger partial charge >= 0.3 is 0 Å². The van der Waals surface area contributed by atoms with Crippen molar-refractivity contribution in [3.8, 4) is 0 Å². The number of anilines is 2. The molecule has 168 valence electrons. The molecule has 3 fully saturated rings. The minimum absolute atomic E-state index is 0.526. The zero-order valence-electron chi connectivity index (χ0n) is 19.5. The predicted molar refractivity (Wildman–Crippen MR) is 135 cm³/mol. The summed E-state index contributed by atoms with van der Waals surface area (Å²) in [7, 11) is 0. The molecule has 4 rings (SSSR count). The smallest absolute Gasteiger partial charge is 0.0404 e. The summed E-state index contributed by atoms with van der Waals surface area (Å²) in [5, 5.41) is 0. The average molecular weight is 477 g/mol. The van der Waals surface area contributed by atoms with Crippen molar-refractivity contribution >= 4 is 27.3 Å². The summed E-state index contributed by atoms with van der Waals surface area (Å²) in [6, 6.07) is 7.48. The van der Waals surface area contributed by atoms with Gasteiger partial charge in [0.05, 0.1) is 0 Å². The molecule has 3 aliphatic rings. The highest BCUT2D eigenvalue weighted by Crippen LogP contribution is 2.46. The van der Waals surface area contributed by atoms with Gasteiger partial charge in [-0.1, -0.05) is 36.7 Å². The lowest BCUT2D eigenvalue weighted by molar-refractivity contribution is 0.224. The van der Waals surface area contributed by atoms with Gasteiger partial charge in [-0.3, -0.25) is 4.90 Å². The highest BCUT2D eigenvalue weighted by Gasteiger charge is 2.31. The number of rotatable bonds is 5. The lowest BCUT2D eigenvalue weighted by Gasteiger charge is -2.40. The van der Waals surface area contributed by atoms with Gasteiger partial charge in [-0.05, 0) is 86.6 Å². The quantitative estimate of drug-likeness (QED) is 0.464. The summed E-state index contributed by atoms with van der Waals surface area (Å²) < 4.78 is 0. The standard InChI is InChI=1S/C26H42BrN3/c1-4-13-28-16-18-30(19-17-28)25-6-5-23(29-14-9-22(27)10-15-29)20-24(25)21-7-11-26(2,3)12-8-21/h5-6,20-22H,4,7-19H2,1-3H3. The third kappa shape index (κ3) is 5.35. The molecule has 0 bridgehead atoms. The van der Waals surface area contributed by atoms with Gasteiger partial charge in [0.2, 0.25) is 0 Å². The predicted octanol–water partition coefficient (Wildman–Crippen LogP) is 6.27. The molecule has 0 spiro atoms. The van der Waals surface area contributed by atoms with E-state index < -0.39 is 0 Å². The molecular formula is C26H42BrN3. The van der Waals surface area contributed by atoms with Gasteiger partial charge in [-0.15, -0.1) is 0 Å². The van der Waals surface area contributed by atoms with Crippen molar-refractivity contribution in [1.82, 2.24) is 4.90 Å². The summed E-state index contributed by atoms with van der Waals surface area (Å²) >= 11 is 3.82. The van der Waals surface area contributed by atoms with E-state index in [2.05, 4.69) is 69.6 Å². The Morgan fingerprint density at radius 2 is 1.57 bits per heavy atom. The Morgan fingerprint density at radius 3 is 2.20 bits per heavy atom. The molecule has 2 heterocycles. The first kappa shape index (κ1) is 22.5. The van der Waals surface area contributed by atoms with Gasteiger partial charge in [-0.25, -0.2) is 0 Å². The first-order chi connectivity index (χ1) is 14.4. The number of alkyl halides is 1. The Hall–Kier alpha value is -0.740. The van der Waals surface area contributed by atoms with Crippen LogP contribution in [0.1, 0.15) is 77.2 Å². The third-order valence-corrected chi connectivity index (χ3v) is 8.75. The van der Waals surface area contributed by atoms with Gasteiger partial charge < -0.3 is 9.80 Å². The van der Waals surface area contributed by atoms with Crippen LogP contribution in [-0.4, -0.2) is 55.5 Å². The fraction of sp³-hybridized carbons (Fsp3) is 0.769. The van der Waals surface area contributed by atoms with Crippen LogP contribution >= 0.6 is 15.9 Å². The molecule has 0 unspecified atom stereocenters. The molecule has 3 nitrogen and oxygen atoms in total. The van der Waals surface area contributed by atoms with Crippen LogP contribution in [0.5, 0.6) is 0 Å². The minimum Gasteiger partial charge on any atom is -0.371 e. The Balaban J connectivity index is 1.56. The molecule has 2 aliphatic heterocycles. The molecule has 30 heavy (non-hydrogen) atoms. The summed E-state index contributed by atoms with van der Waals surface area (Å²) in [4.78, 5) is 8.65. The van der Waals surface area contributed by atoms with E-state index in [0.29, 0.717) is 10.2 Å². The topological polar surface area (TPSA) is 9.72 Å². The van der Waals surface area contributed by atoms with E-state index >= 15 is 0 Å². The maximum atomic E-state index is 3.82. The van der Waals surface area contributed by atoms with Crippen LogP contribution in [0.15, 0.2) is 18.2 Å². The monoisotopic (exact) mass is 475 g/mol. The van der Waals surface area contributed by atoms with E-state index in [4.69, 9.17) is 0 Å². The average Bonchev–Trinajstić information content (AvgIpc) is 2.75. The second kappa shape index (κ2) is 9.81. The van der Waals surface area contributed by atoms with E-state index in [-0.39, 0.29) is 0 Å². The molecule has 1 aromatic rings. The molecule has 0 amide bonds. The number of hydrogen-bond acceptors (Lipinski definition) is 3. The maximum absolute atomic E-state index is 3.82. The zero-order valence-corrected chi connectivity index (χ0v) is 21.1. The largest absolute Gasteiger partial charge is 0.371 e. The Kier molecular flexibility index (Phi) is 7.34.